The fourth-order valence-electron chi connectivity index (χ4n) is 1.96. The minimum atomic E-state index is -1.09. The summed E-state index contributed by atoms with van der Waals surface area (Å²) in [6.45, 7) is 2.16. The zero-order valence-electron chi connectivity index (χ0n) is 11.9. The standard InChI is InChI=1S/C16H22O4/c1-2-3-4-5-6-7-12-15(17)20-14-11-9-8-10-13(14)16(18)19/h8-11H,2-7,12H2,1H3,(H,18,19). The van der Waals surface area contributed by atoms with Crippen molar-refractivity contribution in [3.63, 3.8) is 0 Å². The lowest BCUT2D eigenvalue weighted by Gasteiger charge is -2.07. The molecule has 0 unspecified atom stereocenters. The van der Waals surface area contributed by atoms with Crippen LogP contribution in [-0.2, 0) is 4.79 Å². The molecule has 0 aromatic heterocycles. The first-order valence-electron chi connectivity index (χ1n) is 7.18. The number of carboxylic acid groups (broad SMARTS) is 1. The Morgan fingerprint density at radius 3 is 2.40 bits per heavy atom. The Morgan fingerprint density at radius 1 is 1.05 bits per heavy atom. The quantitative estimate of drug-likeness (QED) is 0.420. The summed E-state index contributed by atoms with van der Waals surface area (Å²) < 4.78 is 5.11. The summed E-state index contributed by atoms with van der Waals surface area (Å²) in [5, 5.41) is 8.98. The van der Waals surface area contributed by atoms with Gasteiger partial charge < -0.3 is 9.84 Å². The Kier molecular flexibility index (Phi) is 7.40. The average molecular weight is 278 g/mol. The van der Waals surface area contributed by atoms with Gasteiger partial charge in [0.1, 0.15) is 11.3 Å². The molecule has 0 bridgehead atoms. The van der Waals surface area contributed by atoms with Crippen molar-refractivity contribution in [2.45, 2.75) is 51.9 Å². The van der Waals surface area contributed by atoms with E-state index in [1.54, 1.807) is 12.1 Å². The Labute approximate surface area is 119 Å². The first-order chi connectivity index (χ1) is 9.65. The Morgan fingerprint density at radius 2 is 1.70 bits per heavy atom. The molecule has 1 aromatic carbocycles. The molecule has 0 aliphatic heterocycles. The number of aromatic carboxylic acids is 1. The van der Waals surface area contributed by atoms with Gasteiger partial charge in [-0.05, 0) is 18.6 Å². The summed E-state index contributed by atoms with van der Waals surface area (Å²) >= 11 is 0. The number of benzene rings is 1. The van der Waals surface area contributed by atoms with E-state index in [1.807, 2.05) is 0 Å². The van der Waals surface area contributed by atoms with Crippen LogP contribution < -0.4 is 4.74 Å². The van der Waals surface area contributed by atoms with Crippen LogP contribution in [0.5, 0.6) is 5.75 Å². The highest BCUT2D eigenvalue weighted by Gasteiger charge is 2.13. The van der Waals surface area contributed by atoms with Gasteiger partial charge in [-0.15, -0.1) is 0 Å². The molecule has 0 radical (unpaired) electrons. The van der Waals surface area contributed by atoms with E-state index in [2.05, 4.69) is 6.92 Å². The van der Waals surface area contributed by atoms with Gasteiger partial charge in [0.05, 0.1) is 0 Å². The van der Waals surface area contributed by atoms with Crippen LogP contribution in [0.25, 0.3) is 0 Å². The fraction of sp³-hybridized carbons (Fsp3) is 0.500. The molecule has 1 rings (SSSR count). The van der Waals surface area contributed by atoms with Gasteiger partial charge in [-0.1, -0.05) is 51.2 Å². The molecular formula is C16H22O4. The summed E-state index contributed by atoms with van der Waals surface area (Å²) in [6, 6.07) is 6.19. The monoisotopic (exact) mass is 278 g/mol. The van der Waals surface area contributed by atoms with Crippen LogP contribution in [-0.4, -0.2) is 17.0 Å². The maximum Gasteiger partial charge on any atom is 0.339 e. The van der Waals surface area contributed by atoms with Crippen LogP contribution in [0, 0.1) is 0 Å². The zero-order chi connectivity index (χ0) is 14.8. The van der Waals surface area contributed by atoms with Crippen LogP contribution in [0.4, 0.5) is 0 Å². The molecular weight excluding hydrogens is 256 g/mol. The number of ether oxygens (including phenoxy) is 1. The van der Waals surface area contributed by atoms with E-state index in [4.69, 9.17) is 9.84 Å². The average Bonchev–Trinajstić information content (AvgIpc) is 2.43. The predicted molar refractivity (Wildman–Crippen MR) is 77.0 cm³/mol. The van der Waals surface area contributed by atoms with Crippen LogP contribution in [0.15, 0.2) is 24.3 Å². The van der Waals surface area contributed by atoms with Crippen LogP contribution in [0.1, 0.15) is 62.2 Å². The molecule has 0 saturated heterocycles. The lowest BCUT2D eigenvalue weighted by Crippen LogP contribution is -2.10. The topological polar surface area (TPSA) is 63.6 Å². The summed E-state index contributed by atoms with van der Waals surface area (Å²) in [7, 11) is 0. The Balaban J connectivity index is 2.34. The van der Waals surface area contributed by atoms with Crippen molar-refractivity contribution in [3.8, 4) is 5.75 Å². The lowest BCUT2D eigenvalue weighted by atomic mass is 10.1. The van der Waals surface area contributed by atoms with Gasteiger partial charge in [0.2, 0.25) is 0 Å². The number of hydrogen-bond donors (Lipinski definition) is 1. The molecule has 0 amide bonds. The highest BCUT2D eigenvalue weighted by Crippen LogP contribution is 2.19. The first kappa shape index (κ1) is 16.2. The molecule has 0 heterocycles. The number of carboxylic acids is 1. The number of para-hydroxylation sites is 1. The molecule has 4 nitrogen and oxygen atoms in total. The van der Waals surface area contributed by atoms with Crippen LogP contribution >= 0.6 is 0 Å². The van der Waals surface area contributed by atoms with Crippen LogP contribution in [0.3, 0.4) is 0 Å². The van der Waals surface area contributed by atoms with E-state index in [0.29, 0.717) is 6.42 Å². The predicted octanol–water partition coefficient (Wildman–Crippen LogP) is 4.04. The summed E-state index contributed by atoms with van der Waals surface area (Å²) in [5.41, 5.74) is 0.0174. The number of unbranched alkanes of at least 4 members (excludes halogenated alkanes) is 5. The van der Waals surface area contributed by atoms with Crippen molar-refractivity contribution in [3.05, 3.63) is 29.8 Å². The molecule has 4 heteroatoms. The Bertz CT molecular complexity index is 440. The molecule has 0 saturated carbocycles. The second-order valence-corrected chi connectivity index (χ2v) is 4.79. The van der Waals surface area contributed by atoms with Gasteiger partial charge in [0, 0.05) is 6.42 Å². The largest absolute Gasteiger partial charge is 0.478 e. The molecule has 0 fully saturated rings. The zero-order valence-corrected chi connectivity index (χ0v) is 11.9. The maximum atomic E-state index is 11.7. The van der Waals surface area contributed by atoms with Crippen molar-refractivity contribution in [2.75, 3.05) is 0 Å². The van der Waals surface area contributed by atoms with Gasteiger partial charge in [0.25, 0.3) is 0 Å². The van der Waals surface area contributed by atoms with Gasteiger partial charge >= 0.3 is 11.9 Å². The summed E-state index contributed by atoms with van der Waals surface area (Å²) in [5.74, 6) is -1.34. The van der Waals surface area contributed by atoms with Crippen LogP contribution in [0.2, 0.25) is 0 Å². The lowest BCUT2D eigenvalue weighted by molar-refractivity contribution is -0.134. The van der Waals surface area contributed by atoms with Crippen molar-refractivity contribution in [1.82, 2.24) is 0 Å². The normalized spacial score (nSPS) is 10.2. The van der Waals surface area contributed by atoms with Gasteiger partial charge in [-0.25, -0.2) is 4.79 Å². The molecule has 0 spiro atoms. The number of rotatable bonds is 9. The van der Waals surface area contributed by atoms with Gasteiger partial charge in [0.15, 0.2) is 0 Å². The maximum absolute atomic E-state index is 11.7. The highest BCUT2D eigenvalue weighted by atomic mass is 16.5. The van der Waals surface area contributed by atoms with Crippen molar-refractivity contribution in [1.29, 1.82) is 0 Å². The molecule has 0 aliphatic carbocycles. The number of carbonyl (C=O) groups is 2. The van der Waals surface area contributed by atoms with E-state index in [1.165, 1.54) is 31.4 Å². The first-order valence-corrected chi connectivity index (χ1v) is 7.18. The molecule has 1 N–H and O–H groups in total. The third kappa shape index (κ3) is 5.87. The number of carbonyl (C=O) groups excluding carboxylic acids is 1. The van der Waals surface area contributed by atoms with Gasteiger partial charge in [-0.2, -0.15) is 0 Å². The van der Waals surface area contributed by atoms with E-state index < -0.39 is 5.97 Å². The molecule has 1 aromatic rings. The van der Waals surface area contributed by atoms with Crippen molar-refractivity contribution in [2.24, 2.45) is 0 Å². The SMILES string of the molecule is CCCCCCCCC(=O)Oc1ccccc1C(=O)O. The summed E-state index contributed by atoms with van der Waals surface area (Å²) in [6.07, 6.45) is 6.90. The smallest absolute Gasteiger partial charge is 0.339 e. The Hall–Kier alpha value is -1.84. The van der Waals surface area contributed by atoms with Crippen molar-refractivity contribution >= 4 is 11.9 Å². The number of esters is 1. The third-order valence-electron chi connectivity index (χ3n) is 3.08. The molecule has 110 valence electrons. The van der Waals surface area contributed by atoms with E-state index in [-0.39, 0.29) is 17.3 Å². The fourth-order valence-corrected chi connectivity index (χ4v) is 1.96. The number of hydrogen-bond acceptors (Lipinski definition) is 3. The molecule has 0 aliphatic rings. The van der Waals surface area contributed by atoms with Gasteiger partial charge in [-0.3, -0.25) is 4.79 Å². The summed E-state index contributed by atoms with van der Waals surface area (Å²) in [4.78, 5) is 22.6. The van der Waals surface area contributed by atoms with E-state index in [0.717, 1.165) is 19.3 Å². The molecule has 0 atom stereocenters. The second-order valence-electron chi connectivity index (χ2n) is 4.79. The third-order valence-corrected chi connectivity index (χ3v) is 3.08. The minimum Gasteiger partial charge on any atom is -0.478 e. The second kappa shape index (κ2) is 9.13. The molecule has 20 heavy (non-hydrogen) atoms. The van der Waals surface area contributed by atoms with E-state index in [9.17, 15) is 9.59 Å². The minimum absolute atomic E-state index is 0.0174. The highest BCUT2D eigenvalue weighted by molar-refractivity contribution is 5.91. The van der Waals surface area contributed by atoms with E-state index >= 15 is 0 Å². The van der Waals surface area contributed by atoms with Crippen molar-refractivity contribution < 1.29 is 19.4 Å².